The summed E-state index contributed by atoms with van der Waals surface area (Å²) in [5, 5.41) is 12.0. The molecule has 2 atom stereocenters. The number of carbonyl (C=O) groups excluding carboxylic acids is 3. The number of hydrogen-bond donors (Lipinski definition) is 2. The van der Waals surface area contributed by atoms with Crippen molar-refractivity contribution >= 4 is 23.6 Å². The normalized spacial score (nSPS) is 12.6. The molecular weight excluding hydrogens is 410 g/mol. The molecule has 170 valence electrons. The first-order valence-electron chi connectivity index (χ1n) is 10.6. The minimum atomic E-state index is -1.24. The molecule has 0 aromatic heterocycles. The Labute approximate surface area is 187 Å². The fourth-order valence-electron chi connectivity index (χ4n) is 3.17. The summed E-state index contributed by atoms with van der Waals surface area (Å²) in [6.45, 7) is 3.66. The van der Waals surface area contributed by atoms with Crippen molar-refractivity contribution in [1.29, 1.82) is 0 Å². The molecule has 0 spiro atoms. The van der Waals surface area contributed by atoms with Crippen molar-refractivity contribution in [3.63, 3.8) is 0 Å². The molecule has 0 saturated carbocycles. The van der Waals surface area contributed by atoms with Gasteiger partial charge in [0.2, 0.25) is 0 Å². The van der Waals surface area contributed by atoms with Crippen LogP contribution in [0.15, 0.2) is 60.7 Å². The second-order valence-corrected chi connectivity index (χ2v) is 7.99. The van der Waals surface area contributed by atoms with Crippen LogP contribution in [0, 0.1) is 5.92 Å². The molecule has 0 aliphatic rings. The summed E-state index contributed by atoms with van der Waals surface area (Å²) in [4.78, 5) is 48.9. The standard InChI is InChI=1S/C25H29NO6/c1-17(2)15-22(25(30)31)32-23(28)14-13-21(27)20(16-18-9-5-3-6-10-18)26-24(29)19-11-7-4-8-12-19/h3-12,17,20,22H,13-16H2,1-2H3,(H,26,29)(H,30,31)/t20-,22-/m0/s1. The van der Waals surface area contributed by atoms with Crippen molar-refractivity contribution in [3.05, 3.63) is 71.8 Å². The maximum absolute atomic E-state index is 12.9. The number of carbonyl (C=O) groups is 4. The van der Waals surface area contributed by atoms with E-state index in [1.165, 1.54) is 0 Å². The van der Waals surface area contributed by atoms with Crippen molar-refractivity contribution in [2.24, 2.45) is 5.92 Å². The molecule has 0 unspecified atom stereocenters. The van der Waals surface area contributed by atoms with Gasteiger partial charge in [0, 0.05) is 12.0 Å². The van der Waals surface area contributed by atoms with E-state index in [9.17, 15) is 24.3 Å². The number of carboxylic acid groups (broad SMARTS) is 1. The molecule has 2 aromatic carbocycles. The molecule has 2 N–H and O–H groups in total. The molecule has 1 amide bonds. The van der Waals surface area contributed by atoms with Gasteiger partial charge in [0.1, 0.15) is 0 Å². The van der Waals surface area contributed by atoms with Crippen LogP contribution >= 0.6 is 0 Å². The Morgan fingerprint density at radius 2 is 1.50 bits per heavy atom. The molecular formula is C25H29NO6. The van der Waals surface area contributed by atoms with Crippen LogP contribution in [0.1, 0.15) is 49.0 Å². The minimum absolute atomic E-state index is 0.0361. The highest BCUT2D eigenvalue weighted by Gasteiger charge is 2.26. The molecule has 0 fully saturated rings. The summed E-state index contributed by atoms with van der Waals surface area (Å²) >= 11 is 0. The van der Waals surface area contributed by atoms with Crippen molar-refractivity contribution < 1.29 is 29.0 Å². The zero-order valence-electron chi connectivity index (χ0n) is 18.3. The average molecular weight is 440 g/mol. The van der Waals surface area contributed by atoms with Crippen LogP contribution in [0.2, 0.25) is 0 Å². The SMILES string of the molecule is CC(C)C[C@H](OC(=O)CCC(=O)[C@H](Cc1ccccc1)NC(=O)c1ccccc1)C(=O)O. The number of benzene rings is 2. The lowest BCUT2D eigenvalue weighted by molar-refractivity contribution is -0.165. The van der Waals surface area contributed by atoms with E-state index >= 15 is 0 Å². The van der Waals surface area contributed by atoms with E-state index in [0.717, 1.165) is 5.56 Å². The summed E-state index contributed by atoms with van der Waals surface area (Å²) in [6, 6.07) is 17.0. The van der Waals surface area contributed by atoms with E-state index < -0.39 is 24.1 Å². The van der Waals surface area contributed by atoms with Gasteiger partial charge < -0.3 is 15.2 Å². The molecule has 0 saturated heterocycles. The lowest BCUT2D eigenvalue weighted by Crippen LogP contribution is -2.42. The van der Waals surface area contributed by atoms with Crippen LogP contribution in [0.3, 0.4) is 0 Å². The summed E-state index contributed by atoms with van der Waals surface area (Å²) < 4.78 is 5.04. The third kappa shape index (κ3) is 8.34. The monoisotopic (exact) mass is 439 g/mol. The van der Waals surface area contributed by atoms with Crippen LogP contribution in [-0.2, 0) is 25.5 Å². The van der Waals surface area contributed by atoms with Gasteiger partial charge in [0.05, 0.1) is 12.5 Å². The molecule has 0 aliphatic carbocycles. The smallest absolute Gasteiger partial charge is 0.345 e. The Morgan fingerprint density at radius 3 is 2.06 bits per heavy atom. The Kier molecular flexibility index (Phi) is 9.60. The highest BCUT2D eigenvalue weighted by atomic mass is 16.6. The number of aliphatic carboxylic acids is 1. The van der Waals surface area contributed by atoms with Crippen LogP contribution in [-0.4, -0.2) is 40.9 Å². The van der Waals surface area contributed by atoms with Gasteiger partial charge in [0.25, 0.3) is 5.91 Å². The number of esters is 1. The number of amides is 1. The average Bonchev–Trinajstić information content (AvgIpc) is 2.77. The molecule has 32 heavy (non-hydrogen) atoms. The quantitative estimate of drug-likeness (QED) is 0.491. The maximum Gasteiger partial charge on any atom is 0.345 e. The zero-order chi connectivity index (χ0) is 23.5. The Bertz CT molecular complexity index is 911. The highest BCUT2D eigenvalue weighted by molar-refractivity contribution is 5.98. The fraction of sp³-hybridized carbons (Fsp3) is 0.360. The van der Waals surface area contributed by atoms with E-state index in [-0.39, 0.29) is 43.3 Å². The number of ether oxygens (including phenoxy) is 1. The van der Waals surface area contributed by atoms with Crippen LogP contribution in [0.25, 0.3) is 0 Å². The Balaban J connectivity index is 2.02. The van der Waals surface area contributed by atoms with Gasteiger partial charge in [-0.1, -0.05) is 62.4 Å². The zero-order valence-corrected chi connectivity index (χ0v) is 18.3. The number of ketones is 1. The molecule has 7 nitrogen and oxygen atoms in total. The molecule has 0 heterocycles. The molecule has 0 bridgehead atoms. The van der Waals surface area contributed by atoms with Gasteiger partial charge in [-0.05, 0) is 36.5 Å². The van der Waals surface area contributed by atoms with E-state index in [2.05, 4.69) is 5.32 Å². The van der Waals surface area contributed by atoms with Gasteiger partial charge in [-0.25, -0.2) is 4.79 Å². The van der Waals surface area contributed by atoms with Crippen LogP contribution in [0.4, 0.5) is 0 Å². The van der Waals surface area contributed by atoms with Crippen molar-refractivity contribution in [1.82, 2.24) is 5.32 Å². The van der Waals surface area contributed by atoms with E-state index in [0.29, 0.717) is 5.56 Å². The van der Waals surface area contributed by atoms with Gasteiger partial charge >= 0.3 is 11.9 Å². The number of hydrogen-bond acceptors (Lipinski definition) is 5. The summed E-state index contributed by atoms with van der Waals surface area (Å²) in [5.74, 6) is -2.64. The summed E-state index contributed by atoms with van der Waals surface area (Å²) in [6.07, 6.45) is -1.19. The van der Waals surface area contributed by atoms with Gasteiger partial charge in [0.15, 0.2) is 11.9 Å². The Hall–Kier alpha value is -3.48. The predicted molar refractivity (Wildman–Crippen MR) is 119 cm³/mol. The lowest BCUT2D eigenvalue weighted by atomic mass is 9.99. The topological polar surface area (TPSA) is 110 Å². The molecule has 0 radical (unpaired) electrons. The Morgan fingerprint density at radius 1 is 0.906 bits per heavy atom. The summed E-state index contributed by atoms with van der Waals surface area (Å²) in [5.41, 5.74) is 1.29. The first-order chi connectivity index (χ1) is 15.3. The lowest BCUT2D eigenvalue weighted by Gasteiger charge is -2.19. The van der Waals surface area contributed by atoms with E-state index in [1.807, 2.05) is 44.2 Å². The fourth-order valence-corrected chi connectivity index (χ4v) is 3.17. The molecule has 7 heteroatoms. The van der Waals surface area contributed by atoms with E-state index in [1.54, 1.807) is 30.3 Å². The summed E-state index contributed by atoms with van der Waals surface area (Å²) in [7, 11) is 0. The van der Waals surface area contributed by atoms with Crippen LogP contribution < -0.4 is 5.32 Å². The second-order valence-electron chi connectivity index (χ2n) is 7.99. The minimum Gasteiger partial charge on any atom is -0.479 e. The number of rotatable bonds is 12. The molecule has 0 aliphatic heterocycles. The van der Waals surface area contributed by atoms with Crippen LogP contribution in [0.5, 0.6) is 0 Å². The van der Waals surface area contributed by atoms with Gasteiger partial charge in [-0.2, -0.15) is 0 Å². The number of carboxylic acids is 1. The van der Waals surface area contributed by atoms with Crippen molar-refractivity contribution in [2.45, 2.75) is 51.7 Å². The molecule has 2 aromatic rings. The van der Waals surface area contributed by atoms with Gasteiger partial charge in [-0.3, -0.25) is 14.4 Å². The van der Waals surface area contributed by atoms with Gasteiger partial charge in [-0.15, -0.1) is 0 Å². The van der Waals surface area contributed by atoms with Crippen molar-refractivity contribution in [2.75, 3.05) is 0 Å². The number of Topliss-reactive ketones (excluding diaryl/α,β-unsaturated/α-hetero) is 1. The number of nitrogens with one attached hydrogen (secondary N) is 1. The predicted octanol–water partition coefficient (Wildman–Crippen LogP) is 3.42. The molecule has 2 rings (SSSR count). The largest absolute Gasteiger partial charge is 0.479 e. The second kappa shape index (κ2) is 12.4. The first kappa shape index (κ1) is 24.8. The maximum atomic E-state index is 12.9. The third-order valence-electron chi connectivity index (χ3n) is 4.82. The highest BCUT2D eigenvalue weighted by Crippen LogP contribution is 2.12. The van der Waals surface area contributed by atoms with Crippen molar-refractivity contribution in [3.8, 4) is 0 Å². The third-order valence-corrected chi connectivity index (χ3v) is 4.82. The first-order valence-corrected chi connectivity index (χ1v) is 10.6. The van der Waals surface area contributed by atoms with E-state index in [4.69, 9.17) is 4.74 Å².